The van der Waals surface area contributed by atoms with Gasteiger partial charge in [0.15, 0.2) is 5.96 Å². The van der Waals surface area contributed by atoms with Gasteiger partial charge in [-0.3, -0.25) is 14.3 Å². The van der Waals surface area contributed by atoms with Crippen LogP contribution in [0.4, 0.5) is 11.4 Å². The van der Waals surface area contributed by atoms with Crippen molar-refractivity contribution in [3.05, 3.63) is 72.3 Å². The summed E-state index contributed by atoms with van der Waals surface area (Å²) in [7, 11) is -3.67. The van der Waals surface area contributed by atoms with Crippen LogP contribution in [0.2, 0.25) is 0 Å². The molecule has 1 aliphatic rings. The van der Waals surface area contributed by atoms with E-state index in [0.29, 0.717) is 11.8 Å². The summed E-state index contributed by atoms with van der Waals surface area (Å²) in [4.78, 5) is 16.7. The predicted molar refractivity (Wildman–Crippen MR) is 120 cm³/mol. The van der Waals surface area contributed by atoms with Gasteiger partial charge in [-0.1, -0.05) is 30.3 Å². The number of fused-ring (bicyclic) bond motifs is 1. The van der Waals surface area contributed by atoms with Crippen LogP contribution in [0.15, 0.2) is 71.7 Å². The normalized spacial score (nSPS) is 12.9. The average molecular weight is 426 g/mol. The fourth-order valence-electron chi connectivity index (χ4n) is 2.79. The van der Waals surface area contributed by atoms with Crippen molar-refractivity contribution in [2.45, 2.75) is 0 Å². The van der Waals surface area contributed by atoms with Gasteiger partial charge in [-0.15, -0.1) is 0 Å². The Kier molecular flexibility index (Phi) is 6.65. The second-order valence-corrected chi connectivity index (χ2v) is 8.07. The molecule has 1 amide bonds. The van der Waals surface area contributed by atoms with Gasteiger partial charge in [0.25, 0.3) is 16.0 Å². The molecule has 3 aromatic carbocycles. The third-order valence-corrected chi connectivity index (χ3v) is 4.09. The summed E-state index contributed by atoms with van der Waals surface area (Å²) in [6.07, 6.45) is 0.715. The summed E-state index contributed by atoms with van der Waals surface area (Å²) < 4.78 is 25.9. The van der Waals surface area contributed by atoms with Crippen LogP contribution < -0.4 is 16.0 Å². The number of nitrogens with zero attached hydrogens (tertiary/aromatic N) is 1. The minimum atomic E-state index is -3.67. The van der Waals surface area contributed by atoms with Crippen LogP contribution in [0.5, 0.6) is 0 Å². The highest BCUT2D eigenvalue weighted by Gasteiger charge is 2.08. The molecule has 4 rings (SSSR count). The highest BCUT2D eigenvalue weighted by Crippen LogP contribution is 2.20. The van der Waals surface area contributed by atoms with Gasteiger partial charge in [0, 0.05) is 23.5 Å². The first-order valence-corrected chi connectivity index (χ1v) is 11.0. The first-order chi connectivity index (χ1) is 14.3. The van der Waals surface area contributed by atoms with Crippen LogP contribution in [0.1, 0.15) is 10.4 Å². The lowest BCUT2D eigenvalue weighted by atomic mass is 10.1. The molecule has 1 aliphatic heterocycles. The van der Waals surface area contributed by atoms with Crippen molar-refractivity contribution in [2.75, 3.05) is 30.0 Å². The monoisotopic (exact) mass is 426 g/mol. The average Bonchev–Trinajstić information content (AvgIpc) is 3.20. The van der Waals surface area contributed by atoms with Crippen molar-refractivity contribution in [3.8, 4) is 0 Å². The lowest BCUT2D eigenvalue weighted by Crippen LogP contribution is -2.26. The topological polar surface area (TPSA) is 120 Å². The van der Waals surface area contributed by atoms with Crippen LogP contribution in [-0.2, 0) is 10.1 Å². The van der Waals surface area contributed by atoms with Gasteiger partial charge in [-0.05, 0) is 47.2 Å². The maximum atomic E-state index is 12.4. The minimum absolute atomic E-state index is 0.127. The molecule has 0 atom stereocenters. The van der Waals surface area contributed by atoms with Gasteiger partial charge in [0.05, 0.1) is 12.8 Å². The second-order valence-electron chi connectivity index (χ2n) is 6.61. The Morgan fingerprint density at radius 3 is 2.27 bits per heavy atom. The quantitative estimate of drug-likeness (QED) is 0.478. The van der Waals surface area contributed by atoms with E-state index in [9.17, 15) is 13.2 Å². The van der Waals surface area contributed by atoms with Gasteiger partial charge in [0.1, 0.15) is 0 Å². The van der Waals surface area contributed by atoms with E-state index in [1.54, 1.807) is 12.1 Å². The van der Waals surface area contributed by atoms with Gasteiger partial charge in [0.2, 0.25) is 0 Å². The zero-order valence-electron chi connectivity index (χ0n) is 16.3. The Morgan fingerprint density at radius 1 is 1.00 bits per heavy atom. The molecule has 156 valence electrons. The molecule has 9 heteroatoms. The fraction of sp³-hybridized carbons (Fsp3) is 0.143. The van der Waals surface area contributed by atoms with Gasteiger partial charge in [-0.25, -0.2) is 0 Å². The largest absolute Gasteiger partial charge is 0.354 e. The first-order valence-electron chi connectivity index (χ1n) is 9.16. The summed E-state index contributed by atoms with van der Waals surface area (Å²) >= 11 is 0. The van der Waals surface area contributed by atoms with Crippen molar-refractivity contribution in [2.24, 2.45) is 4.99 Å². The molecule has 4 N–H and O–H groups in total. The molecule has 3 aromatic rings. The molecule has 0 unspecified atom stereocenters. The number of anilines is 2. The van der Waals surface area contributed by atoms with Crippen LogP contribution in [0.25, 0.3) is 10.8 Å². The number of benzene rings is 3. The van der Waals surface area contributed by atoms with E-state index < -0.39 is 10.1 Å². The molecule has 0 radical (unpaired) electrons. The molecule has 30 heavy (non-hydrogen) atoms. The molecule has 0 fully saturated rings. The van der Waals surface area contributed by atoms with Crippen LogP contribution in [-0.4, -0.2) is 44.2 Å². The maximum absolute atomic E-state index is 12.4. The Morgan fingerprint density at radius 2 is 1.63 bits per heavy atom. The number of amides is 1. The van der Waals surface area contributed by atoms with Gasteiger partial charge in [-0.2, -0.15) is 8.42 Å². The Hall–Kier alpha value is -3.43. The molecule has 0 spiro atoms. The number of carbonyl (C=O) groups excluding carboxylic acids is 1. The molecule has 0 bridgehead atoms. The number of guanidine groups is 1. The Labute approximate surface area is 174 Å². The van der Waals surface area contributed by atoms with Crippen molar-refractivity contribution in [3.63, 3.8) is 0 Å². The second kappa shape index (κ2) is 9.38. The Balaban J connectivity index is 0.000000461. The number of aliphatic imine (C=N–C) groups is 1. The Bertz CT molecular complexity index is 1170. The molecule has 0 saturated carbocycles. The first kappa shape index (κ1) is 21.3. The predicted octanol–water partition coefficient (Wildman–Crippen LogP) is 2.97. The zero-order valence-corrected chi connectivity index (χ0v) is 17.1. The van der Waals surface area contributed by atoms with E-state index in [1.807, 2.05) is 48.5 Å². The summed E-state index contributed by atoms with van der Waals surface area (Å²) in [6, 6.07) is 21.3. The molecule has 0 saturated heterocycles. The number of hydrogen-bond donors (Lipinski definition) is 4. The van der Waals surface area contributed by atoms with E-state index in [-0.39, 0.29) is 5.91 Å². The summed E-state index contributed by atoms with van der Waals surface area (Å²) in [5.74, 6) is 0.645. The van der Waals surface area contributed by atoms with Crippen LogP contribution in [0.3, 0.4) is 0 Å². The molecule has 0 aromatic heterocycles. The highest BCUT2D eigenvalue weighted by molar-refractivity contribution is 7.85. The highest BCUT2D eigenvalue weighted by atomic mass is 32.2. The van der Waals surface area contributed by atoms with E-state index in [0.717, 1.165) is 41.2 Å². The standard InChI is InChI=1S/C20H18N4O.CH4O3S/c25-19(23-18-10-5-14-3-1-2-4-16(14)13-18)15-6-8-17(9-7-15)24-20-21-11-12-22-20;1-5(2,3)4/h1-10,13H,11-12H2,(H,23,25)(H2,21,22,24);1H3,(H,2,3,4). The van der Waals surface area contributed by atoms with E-state index in [1.165, 1.54) is 0 Å². The number of carbonyl (C=O) groups is 1. The lowest BCUT2D eigenvalue weighted by molar-refractivity contribution is 0.102. The van der Waals surface area contributed by atoms with Crippen molar-refractivity contribution in [1.29, 1.82) is 0 Å². The molecular weight excluding hydrogens is 404 g/mol. The van der Waals surface area contributed by atoms with Crippen LogP contribution >= 0.6 is 0 Å². The minimum Gasteiger partial charge on any atom is -0.354 e. The molecular formula is C21H22N4O4S. The number of nitrogens with one attached hydrogen (secondary N) is 3. The summed E-state index contributed by atoms with van der Waals surface area (Å²) in [6.45, 7) is 1.64. The fourth-order valence-corrected chi connectivity index (χ4v) is 2.79. The maximum Gasteiger partial charge on any atom is 0.261 e. The van der Waals surface area contributed by atoms with Crippen LogP contribution in [0, 0.1) is 0 Å². The van der Waals surface area contributed by atoms with Gasteiger partial charge < -0.3 is 16.0 Å². The SMILES string of the molecule is CS(=O)(=O)O.O=C(Nc1ccc2ccccc2c1)c1ccc(NC2=NCCN2)cc1. The molecule has 8 nitrogen and oxygen atoms in total. The van der Waals surface area contributed by atoms with E-state index in [2.05, 4.69) is 27.0 Å². The third-order valence-electron chi connectivity index (χ3n) is 4.09. The van der Waals surface area contributed by atoms with Crippen molar-refractivity contribution in [1.82, 2.24) is 5.32 Å². The van der Waals surface area contributed by atoms with E-state index >= 15 is 0 Å². The smallest absolute Gasteiger partial charge is 0.261 e. The summed E-state index contributed by atoms with van der Waals surface area (Å²) in [5, 5.41) is 11.5. The molecule has 0 aliphatic carbocycles. The van der Waals surface area contributed by atoms with Crippen molar-refractivity contribution >= 4 is 44.1 Å². The number of rotatable bonds is 3. The summed E-state index contributed by atoms with van der Waals surface area (Å²) in [5.41, 5.74) is 2.30. The zero-order chi connectivity index (χ0) is 21.6. The van der Waals surface area contributed by atoms with E-state index in [4.69, 9.17) is 4.55 Å². The number of hydrogen-bond acceptors (Lipinski definition) is 6. The third kappa shape index (κ3) is 6.57. The molecule has 1 heterocycles. The van der Waals surface area contributed by atoms with Gasteiger partial charge >= 0.3 is 0 Å². The lowest BCUT2D eigenvalue weighted by Gasteiger charge is -2.09. The van der Waals surface area contributed by atoms with Crippen molar-refractivity contribution < 1.29 is 17.8 Å².